The fourth-order valence-electron chi connectivity index (χ4n) is 1.33. The third kappa shape index (κ3) is 3.67. The van der Waals surface area contributed by atoms with E-state index in [1.165, 1.54) is 0 Å². The highest BCUT2D eigenvalue weighted by atomic mass is 16.6. The van der Waals surface area contributed by atoms with Crippen LogP contribution in [-0.4, -0.2) is 63.7 Å². The molecule has 0 amide bonds. The molecule has 0 heterocycles. The van der Waals surface area contributed by atoms with Gasteiger partial charge in [-0.25, -0.2) is 9.59 Å². The van der Waals surface area contributed by atoms with Crippen molar-refractivity contribution in [3.63, 3.8) is 0 Å². The topological polar surface area (TPSA) is 108 Å². The largest absolute Gasteiger partial charge is 0.469 e. The monoisotopic (exact) mass is 264 g/mol. The van der Waals surface area contributed by atoms with Gasteiger partial charge in [-0.1, -0.05) is 0 Å². The molecule has 18 heavy (non-hydrogen) atoms. The molecule has 1 N–H and O–H groups in total. The summed E-state index contributed by atoms with van der Waals surface area (Å²) in [6, 6.07) is 0. The second-order valence-corrected chi connectivity index (χ2v) is 3.20. The molecule has 8 nitrogen and oxygen atoms in total. The number of rotatable bonds is 6. The van der Waals surface area contributed by atoms with Crippen molar-refractivity contribution in [1.29, 1.82) is 0 Å². The summed E-state index contributed by atoms with van der Waals surface area (Å²) in [5.41, 5.74) is 0. The van der Waals surface area contributed by atoms with Gasteiger partial charge in [0.2, 0.25) is 0 Å². The zero-order valence-corrected chi connectivity index (χ0v) is 10.5. The van der Waals surface area contributed by atoms with E-state index in [2.05, 4.69) is 14.2 Å². The lowest BCUT2D eigenvalue weighted by atomic mass is 9.95. The van der Waals surface area contributed by atoms with E-state index >= 15 is 0 Å². The Morgan fingerprint density at radius 1 is 0.833 bits per heavy atom. The SMILES string of the molecule is COC(=O)C(O)C(C(=O)OC)C(OC)C(=O)OC. The number of esters is 3. The summed E-state index contributed by atoms with van der Waals surface area (Å²) in [6.07, 6.45) is -3.37. The Morgan fingerprint density at radius 3 is 1.61 bits per heavy atom. The normalized spacial score (nSPS) is 15.2. The van der Waals surface area contributed by atoms with Gasteiger partial charge < -0.3 is 24.1 Å². The number of hydrogen-bond donors (Lipinski definition) is 1. The Balaban J connectivity index is 5.26. The second-order valence-electron chi connectivity index (χ2n) is 3.20. The maximum absolute atomic E-state index is 11.5. The molecule has 3 unspecified atom stereocenters. The van der Waals surface area contributed by atoms with E-state index in [4.69, 9.17) is 4.74 Å². The van der Waals surface area contributed by atoms with Crippen LogP contribution in [0.3, 0.4) is 0 Å². The highest BCUT2D eigenvalue weighted by Gasteiger charge is 2.44. The number of ether oxygens (including phenoxy) is 4. The first-order chi connectivity index (χ1) is 8.44. The van der Waals surface area contributed by atoms with Crippen LogP contribution in [0.4, 0.5) is 0 Å². The van der Waals surface area contributed by atoms with Crippen LogP contribution in [0.1, 0.15) is 0 Å². The Morgan fingerprint density at radius 2 is 1.28 bits per heavy atom. The highest BCUT2D eigenvalue weighted by molar-refractivity contribution is 5.89. The van der Waals surface area contributed by atoms with Gasteiger partial charge in [0.1, 0.15) is 5.92 Å². The number of carbonyl (C=O) groups is 3. The minimum absolute atomic E-state index is 0.921. The molecule has 0 saturated heterocycles. The smallest absolute Gasteiger partial charge is 0.335 e. The van der Waals surface area contributed by atoms with Gasteiger partial charge >= 0.3 is 17.9 Å². The molecule has 3 atom stereocenters. The van der Waals surface area contributed by atoms with Crippen LogP contribution in [0.25, 0.3) is 0 Å². The van der Waals surface area contributed by atoms with Crippen LogP contribution in [0, 0.1) is 5.92 Å². The van der Waals surface area contributed by atoms with Crippen LogP contribution in [0.2, 0.25) is 0 Å². The van der Waals surface area contributed by atoms with Crippen LogP contribution in [0.15, 0.2) is 0 Å². The first kappa shape index (κ1) is 16.3. The predicted octanol–water partition coefficient (Wildman–Crippen LogP) is -1.50. The number of aliphatic hydroxyl groups excluding tert-OH is 1. The molecule has 0 aliphatic rings. The van der Waals surface area contributed by atoms with Gasteiger partial charge in [-0.15, -0.1) is 0 Å². The van der Waals surface area contributed by atoms with Crippen LogP contribution in [-0.2, 0) is 33.3 Å². The Bertz CT molecular complexity index is 313. The first-order valence-electron chi connectivity index (χ1n) is 4.88. The number of hydrogen-bond acceptors (Lipinski definition) is 8. The van der Waals surface area contributed by atoms with Crippen molar-refractivity contribution in [1.82, 2.24) is 0 Å². The summed E-state index contributed by atoms with van der Waals surface area (Å²) in [7, 11) is 4.28. The van der Waals surface area contributed by atoms with Gasteiger partial charge in [0, 0.05) is 7.11 Å². The molecular weight excluding hydrogens is 248 g/mol. The minimum atomic E-state index is -1.90. The number of methoxy groups -OCH3 is 4. The maximum Gasteiger partial charge on any atom is 0.335 e. The van der Waals surface area contributed by atoms with Gasteiger partial charge in [-0.05, 0) is 0 Å². The molecule has 0 aromatic carbocycles. The Labute approximate surface area is 104 Å². The molecule has 0 saturated carbocycles. The lowest BCUT2D eigenvalue weighted by Crippen LogP contribution is -2.48. The summed E-state index contributed by atoms with van der Waals surface area (Å²) in [5, 5.41) is 9.66. The average molecular weight is 264 g/mol. The summed E-state index contributed by atoms with van der Waals surface area (Å²) in [6.45, 7) is 0. The van der Waals surface area contributed by atoms with Gasteiger partial charge in [0.05, 0.1) is 21.3 Å². The minimum Gasteiger partial charge on any atom is -0.469 e. The van der Waals surface area contributed by atoms with E-state index in [0.717, 1.165) is 28.4 Å². The molecule has 0 aliphatic heterocycles. The predicted molar refractivity (Wildman–Crippen MR) is 56.3 cm³/mol. The zero-order valence-electron chi connectivity index (χ0n) is 10.5. The summed E-state index contributed by atoms with van der Waals surface area (Å²) in [4.78, 5) is 34.1. The van der Waals surface area contributed by atoms with Gasteiger partial charge in [0.25, 0.3) is 0 Å². The summed E-state index contributed by atoms with van der Waals surface area (Å²) in [5.74, 6) is -4.57. The van der Waals surface area contributed by atoms with Crippen LogP contribution >= 0.6 is 0 Å². The van der Waals surface area contributed by atoms with Gasteiger partial charge in [-0.3, -0.25) is 4.79 Å². The molecule has 0 aromatic heterocycles. The van der Waals surface area contributed by atoms with E-state index in [1.807, 2.05) is 0 Å². The lowest BCUT2D eigenvalue weighted by Gasteiger charge is -2.24. The van der Waals surface area contributed by atoms with Crippen LogP contribution in [0.5, 0.6) is 0 Å². The Hall–Kier alpha value is -1.67. The Kier molecular flexibility index (Phi) is 6.91. The fraction of sp³-hybridized carbons (Fsp3) is 0.700. The van der Waals surface area contributed by atoms with Gasteiger partial charge in [-0.2, -0.15) is 0 Å². The van der Waals surface area contributed by atoms with E-state index < -0.39 is 36.0 Å². The molecule has 0 aromatic rings. The number of carbonyl (C=O) groups excluding carboxylic acids is 3. The fourth-order valence-corrected chi connectivity index (χ4v) is 1.33. The number of aliphatic hydroxyl groups is 1. The third-order valence-electron chi connectivity index (χ3n) is 2.27. The summed E-state index contributed by atoms with van der Waals surface area (Å²) >= 11 is 0. The third-order valence-corrected chi connectivity index (χ3v) is 2.27. The van der Waals surface area contributed by atoms with Crippen molar-refractivity contribution >= 4 is 17.9 Å². The highest BCUT2D eigenvalue weighted by Crippen LogP contribution is 2.17. The van der Waals surface area contributed by atoms with Gasteiger partial charge in [0.15, 0.2) is 12.2 Å². The van der Waals surface area contributed by atoms with Crippen molar-refractivity contribution in [2.45, 2.75) is 12.2 Å². The average Bonchev–Trinajstić information content (AvgIpc) is 2.41. The van der Waals surface area contributed by atoms with Crippen molar-refractivity contribution in [3.05, 3.63) is 0 Å². The maximum atomic E-state index is 11.5. The van der Waals surface area contributed by atoms with Crippen LogP contribution < -0.4 is 0 Å². The van der Waals surface area contributed by atoms with E-state index in [0.29, 0.717) is 0 Å². The molecule has 0 fully saturated rings. The van der Waals surface area contributed by atoms with Crippen molar-refractivity contribution in [2.24, 2.45) is 5.92 Å². The molecule has 104 valence electrons. The lowest BCUT2D eigenvalue weighted by molar-refractivity contribution is -0.178. The van der Waals surface area contributed by atoms with Crippen molar-refractivity contribution in [2.75, 3.05) is 28.4 Å². The molecule has 0 rings (SSSR count). The van der Waals surface area contributed by atoms with E-state index in [9.17, 15) is 19.5 Å². The summed E-state index contributed by atoms with van der Waals surface area (Å²) < 4.78 is 17.9. The van der Waals surface area contributed by atoms with Crippen molar-refractivity contribution < 1.29 is 38.4 Å². The molecule has 0 radical (unpaired) electrons. The molecule has 0 aliphatic carbocycles. The molecular formula is C10H16O8. The first-order valence-corrected chi connectivity index (χ1v) is 4.88. The quantitative estimate of drug-likeness (QED) is 0.456. The molecule has 0 bridgehead atoms. The van der Waals surface area contributed by atoms with E-state index in [-0.39, 0.29) is 0 Å². The molecule has 0 spiro atoms. The van der Waals surface area contributed by atoms with Crippen molar-refractivity contribution in [3.8, 4) is 0 Å². The second kappa shape index (κ2) is 7.62. The standard InChI is InChI=1S/C10H16O8/c1-15-7(10(14)18-4)5(8(12)16-2)6(11)9(13)17-3/h5-7,11H,1-4H3. The zero-order chi connectivity index (χ0) is 14.3. The van der Waals surface area contributed by atoms with E-state index in [1.54, 1.807) is 0 Å². The molecule has 8 heteroatoms.